The third kappa shape index (κ3) is 3.66. The van der Waals surface area contributed by atoms with Crippen LogP contribution in [0.2, 0.25) is 0 Å². The Balaban J connectivity index is 1.52. The average Bonchev–Trinajstić information content (AvgIpc) is 2.84. The van der Waals surface area contributed by atoms with Gasteiger partial charge >= 0.3 is 0 Å². The molecule has 8 heteroatoms. The molecule has 0 bridgehead atoms. The first-order chi connectivity index (χ1) is 16.3. The van der Waals surface area contributed by atoms with Gasteiger partial charge in [-0.1, -0.05) is 30.3 Å². The largest absolute Gasteiger partial charge is 0.373 e. The lowest BCUT2D eigenvalue weighted by Gasteiger charge is -2.34. The van der Waals surface area contributed by atoms with Gasteiger partial charge in [-0.15, -0.1) is 0 Å². The van der Waals surface area contributed by atoms with Crippen LogP contribution in [-0.2, 0) is 11.3 Å². The lowest BCUT2D eigenvalue weighted by molar-refractivity contribution is 0.0335. The summed E-state index contributed by atoms with van der Waals surface area (Å²) in [4.78, 5) is 29.8. The van der Waals surface area contributed by atoms with Gasteiger partial charge in [-0.2, -0.15) is 0 Å². The fourth-order valence-electron chi connectivity index (χ4n) is 4.38. The maximum absolute atomic E-state index is 14.1. The van der Waals surface area contributed by atoms with Crippen molar-refractivity contribution >= 4 is 16.7 Å². The van der Waals surface area contributed by atoms with E-state index in [1.807, 2.05) is 0 Å². The number of nitrogens with one attached hydrogen (secondary N) is 1. The van der Waals surface area contributed by atoms with Crippen LogP contribution in [0.3, 0.4) is 0 Å². The Morgan fingerprint density at radius 1 is 0.971 bits per heavy atom. The third-order valence-electron chi connectivity index (χ3n) is 6.14. The third-order valence-corrected chi connectivity index (χ3v) is 6.14. The first kappa shape index (κ1) is 21.9. The molecule has 5 nitrogen and oxygen atoms in total. The van der Waals surface area contributed by atoms with Crippen LogP contribution < -0.4 is 5.56 Å². The van der Waals surface area contributed by atoms with Gasteiger partial charge in [0.1, 0.15) is 5.82 Å². The van der Waals surface area contributed by atoms with Crippen molar-refractivity contribution in [3.8, 4) is 11.1 Å². The van der Waals surface area contributed by atoms with E-state index in [1.165, 1.54) is 11.0 Å². The van der Waals surface area contributed by atoms with Gasteiger partial charge in [0.15, 0.2) is 11.6 Å². The van der Waals surface area contributed by atoms with E-state index in [0.717, 1.165) is 12.1 Å². The fourth-order valence-corrected chi connectivity index (χ4v) is 4.38. The molecule has 0 aliphatic carbocycles. The highest BCUT2D eigenvalue weighted by atomic mass is 19.2. The molecule has 1 aliphatic rings. The molecular formula is C26H19F3N2O3. The maximum Gasteiger partial charge on any atom is 0.256 e. The molecule has 5 rings (SSSR count). The number of rotatable bonds is 3. The summed E-state index contributed by atoms with van der Waals surface area (Å²) >= 11 is 0. The molecule has 4 aromatic rings. The summed E-state index contributed by atoms with van der Waals surface area (Å²) in [6, 6.07) is 14.1. The van der Waals surface area contributed by atoms with Crippen LogP contribution in [0.4, 0.5) is 13.2 Å². The normalized spacial score (nSPS) is 15.2. The Morgan fingerprint density at radius 3 is 2.35 bits per heavy atom. The number of likely N-dealkylation sites (N-methyl/N-ethyl adjacent to an activating group) is 1. The molecule has 172 valence electrons. The highest BCUT2D eigenvalue weighted by Crippen LogP contribution is 2.34. The molecule has 2 heterocycles. The molecular weight excluding hydrogens is 445 g/mol. The van der Waals surface area contributed by atoms with Gasteiger partial charge in [-0.25, -0.2) is 13.2 Å². The summed E-state index contributed by atoms with van der Waals surface area (Å²) < 4.78 is 47.6. The molecule has 1 aromatic heterocycles. The standard InChI is InChI=1S/C26H19F3N2O3/c1-31(26(33)15-8-6-14(7-9-15)16-4-2-3-5-19(16)27)23-13-34-12-22-24(23)17-10-20(28)21(29)11-18(17)25(32)30-22/h2-11,23H,12-13H2,1H3,(H,30,32)/t23-/m1/s1. The van der Waals surface area contributed by atoms with E-state index >= 15 is 0 Å². The van der Waals surface area contributed by atoms with Crippen molar-refractivity contribution in [2.45, 2.75) is 12.6 Å². The fraction of sp³-hybridized carbons (Fsp3) is 0.154. The Bertz CT molecular complexity index is 1480. The van der Waals surface area contributed by atoms with Crippen LogP contribution in [0.1, 0.15) is 27.7 Å². The number of halogens is 3. The van der Waals surface area contributed by atoms with Crippen LogP contribution >= 0.6 is 0 Å². The number of aromatic amines is 1. The van der Waals surface area contributed by atoms with E-state index in [-0.39, 0.29) is 35.7 Å². The van der Waals surface area contributed by atoms with Crippen LogP contribution in [0.5, 0.6) is 0 Å². The van der Waals surface area contributed by atoms with Crippen molar-refractivity contribution < 1.29 is 22.7 Å². The summed E-state index contributed by atoms with van der Waals surface area (Å²) in [7, 11) is 1.58. The number of benzene rings is 3. The molecule has 0 saturated carbocycles. The first-order valence-electron chi connectivity index (χ1n) is 10.6. The zero-order valence-electron chi connectivity index (χ0n) is 18.1. The molecule has 1 amide bonds. The highest BCUT2D eigenvalue weighted by Gasteiger charge is 2.31. The SMILES string of the molecule is CN(C(=O)c1ccc(-c2ccccc2F)cc1)[C@@H]1COCc2[nH]c(=O)c3cc(F)c(F)cc3c21. The molecule has 34 heavy (non-hydrogen) atoms. The number of nitrogens with zero attached hydrogens (tertiary/aromatic N) is 1. The van der Waals surface area contributed by atoms with Gasteiger partial charge in [0, 0.05) is 29.4 Å². The highest BCUT2D eigenvalue weighted by molar-refractivity contribution is 5.95. The first-order valence-corrected chi connectivity index (χ1v) is 10.6. The zero-order valence-corrected chi connectivity index (χ0v) is 18.1. The van der Waals surface area contributed by atoms with E-state index < -0.39 is 23.2 Å². The maximum atomic E-state index is 14.1. The van der Waals surface area contributed by atoms with Gasteiger partial charge in [0.05, 0.1) is 24.6 Å². The molecule has 0 unspecified atom stereocenters. The number of aromatic nitrogens is 1. The Morgan fingerprint density at radius 2 is 1.65 bits per heavy atom. The van der Waals surface area contributed by atoms with E-state index in [0.29, 0.717) is 27.9 Å². The monoisotopic (exact) mass is 464 g/mol. The number of hydrogen-bond acceptors (Lipinski definition) is 3. The number of carbonyl (C=O) groups excluding carboxylic acids is 1. The second-order valence-corrected chi connectivity index (χ2v) is 8.16. The van der Waals surface area contributed by atoms with E-state index in [4.69, 9.17) is 4.74 Å². The van der Waals surface area contributed by atoms with Gasteiger partial charge < -0.3 is 14.6 Å². The number of amides is 1. The molecule has 0 saturated heterocycles. The molecule has 0 spiro atoms. The lowest BCUT2D eigenvalue weighted by Crippen LogP contribution is -2.37. The van der Waals surface area contributed by atoms with E-state index in [1.54, 1.807) is 49.5 Å². The predicted molar refractivity (Wildman–Crippen MR) is 121 cm³/mol. The second-order valence-electron chi connectivity index (χ2n) is 8.16. The van der Waals surface area contributed by atoms with Crippen LogP contribution in [0.15, 0.2) is 65.5 Å². The molecule has 3 aromatic carbocycles. The van der Waals surface area contributed by atoms with E-state index in [9.17, 15) is 22.8 Å². The zero-order chi connectivity index (χ0) is 24.0. The Kier molecular flexibility index (Phi) is 5.45. The quantitative estimate of drug-likeness (QED) is 0.467. The predicted octanol–water partition coefficient (Wildman–Crippen LogP) is 4.96. The van der Waals surface area contributed by atoms with Crippen molar-refractivity contribution in [1.82, 2.24) is 9.88 Å². The minimum atomic E-state index is -1.12. The minimum absolute atomic E-state index is 0.000334. The second kappa shape index (κ2) is 8.46. The van der Waals surface area contributed by atoms with Crippen molar-refractivity contribution in [3.63, 3.8) is 0 Å². The minimum Gasteiger partial charge on any atom is -0.373 e. The number of hydrogen-bond donors (Lipinski definition) is 1. The summed E-state index contributed by atoms with van der Waals surface area (Å²) in [6.07, 6.45) is 0. The van der Waals surface area contributed by atoms with E-state index in [2.05, 4.69) is 4.98 Å². The van der Waals surface area contributed by atoms with Crippen LogP contribution in [-0.4, -0.2) is 29.4 Å². The molecule has 1 aliphatic heterocycles. The molecule has 1 atom stereocenters. The Labute approximate surface area is 192 Å². The van der Waals surface area contributed by atoms with Gasteiger partial charge in [0.2, 0.25) is 0 Å². The summed E-state index contributed by atoms with van der Waals surface area (Å²) in [6.45, 7) is 0.193. The van der Waals surface area contributed by atoms with Crippen molar-refractivity contribution in [3.05, 3.63) is 105 Å². The van der Waals surface area contributed by atoms with Crippen LogP contribution in [0, 0.1) is 17.5 Å². The lowest BCUT2D eigenvalue weighted by atomic mass is 9.95. The van der Waals surface area contributed by atoms with Crippen LogP contribution in [0.25, 0.3) is 21.9 Å². The number of pyridine rings is 1. The van der Waals surface area contributed by atoms with Gasteiger partial charge in [-0.3, -0.25) is 9.59 Å². The van der Waals surface area contributed by atoms with Crippen molar-refractivity contribution in [2.75, 3.05) is 13.7 Å². The number of H-pyrrole nitrogens is 1. The van der Waals surface area contributed by atoms with Crippen molar-refractivity contribution in [1.29, 1.82) is 0 Å². The molecule has 0 radical (unpaired) electrons. The number of ether oxygens (including phenoxy) is 1. The molecule has 0 fully saturated rings. The number of fused-ring (bicyclic) bond motifs is 3. The van der Waals surface area contributed by atoms with Crippen molar-refractivity contribution in [2.24, 2.45) is 0 Å². The summed E-state index contributed by atoms with van der Waals surface area (Å²) in [5.41, 5.74) is 1.78. The average molecular weight is 464 g/mol. The summed E-state index contributed by atoms with van der Waals surface area (Å²) in [5, 5.41) is 0.236. The van der Waals surface area contributed by atoms with Gasteiger partial charge in [0.25, 0.3) is 11.5 Å². The van der Waals surface area contributed by atoms with Gasteiger partial charge in [-0.05, 0) is 41.3 Å². The summed E-state index contributed by atoms with van der Waals surface area (Å²) in [5.74, 6) is -2.91. The topological polar surface area (TPSA) is 62.4 Å². The Hall–Kier alpha value is -3.91. The number of carbonyl (C=O) groups is 1. The smallest absolute Gasteiger partial charge is 0.256 e. The molecule has 1 N–H and O–H groups in total.